The number of benzene rings is 2. The Labute approximate surface area is 210 Å². The molecule has 1 fully saturated rings. The van der Waals surface area contributed by atoms with Gasteiger partial charge in [0.25, 0.3) is 0 Å². The van der Waals surface area contributed by atoms with Crippen LogP contribution in [-0.2, 0) is 38.2 Å². The van der Waals surface area contributed by atoms with E-state index in [2.05, 4.69) is 10.2 Å². The summed E-state index contributed by atoms with van der Waals surface area (Å²) in [6.45, 7) is 6.74. The molecule has 10 heteroatoms. The summed E-state index contributed by atoms with van der Waals surface area (Å²) >= 11 is 0. The number of alkyl carbamates (subject to hydrolysis) is 1. The first-order valence-electron chi connectivity index (χ1n) is 11.9. The molecule has 0 radical (unpaired) electrons. The maximum Gasteiger partial charge on any atom is 0.407 e. The number of ether oxygens (including phenoxy) is 2. The molecule has 0 spiro atoms. The summed E-state index contributed by atoms with van der Waals surface area (Å²) in [7, 11) is -3.14. The summed E-state index contributed by atoms with van der Waals surface area (Å²) in [6.07, 6.45) is 0.107. The number of rotatable bonds is 5. The zero-order valence-corrected chi connectivity index (χ0v) is 21.7. The van der Waals surface area contributed by atoms with Crippen molar-refractivity contribution >= 4 is 15.9 Å². The third kappa shape index (κ3) is 6.60. The van der Waals surface area contributed by atoms with Crippen molar-refractivity contribution in [3.05, 3.63) is 70.3 Å². The fraction of sp³-hybridized carbons (Fsp3) is 0.500. The summed E-state index contributed by atoms with van der Waals surface area (Å²) in [6, 6.07) is 8.12. The van der Waals surface area contributed by atoms with E-state index in [1.807, 2.05) is 18.2 Å². The number of amides is 1. The van der Waals surface area contributed by atoms with E-state index < -0.39 is 45.3 Å². The Balaban J connectivity index is 1.53. The van der Waals surface area contributed by atoms with Crippen LogP contribution in [0.4, 0.5) is 13.6 Å². The zero-order valence-electron chi connectivity index (χ0n) is 20.9. The number of hydrogen-bond donors (Lipinski definition) is 1. The number of carbonyl (C=O) groups is 1. The molecule has 0 aromatic heterocycles. The van der Waals surface area contributed by atoms with Crippen molar-refractivity contribution in [1.29, 1.82) is 0 Å². The highest BCUT2D eigenvalue weighted by Gasteiger charge is 2.39. The Morgan fingerprint density at radius 3 is 2.56 bits per heavy atom. The van der Waals surface area contributed by atoms with E-state index in [9.17, 15) is 22.0 Å². The zero-order chi connectivity index (χ0) is 26.3. The Kier molecular flexibility index (Phi) is 7.41. The quantitative estimate of drug-likeness (QED) is 0.632. The standard InChI is InChI=1S/C26H32F2N2O5S/c1-26(2,3)35-25(31)29-23-11-20(14-34-24(23)21-10-19(27)7-8-22(21)28)30-12-17-6-5-16(9-18(17)13-30)15-36(4,32)33/h5-10,20,23-24H,11-15H2,1-4H3,(H,29,31)/t20-,23+,24-/m1/s1. The molecule has 0 bridgehead atoms. The van der Waals surface area contributed by atoms with E-state index in [1.54, 1.807) is 20.8 Å². The van der Waals surface area contributed by atoms with Gasteiger partial charge in [-0.25, -0.2) is 22.0 Å². The monoisotopic (exact) mass is 522 g/mol. The number of nitrogens with one attached hydrogen (secondary N) is 1. The molecule has 1 amide bonds. The summed E-state index contributed by atoms with van der Waals surface area (Å²) in [5.41, 5.74) is 2.21. The van der Waals surface area contributed by atoms with Gasteiger partial charge in [0.15, 0.2) is 9.84 Å². The lowest BCUT2D eigenvalue weighted by molar-refractivity contribution is -0.0627. The highest BCUT2D eigenvalue weighted by molar-refractivity contribution is 7.89. The van der Waals surface area contributed by atoms with E-state index in [-0.39, 0.29) is 24.0 Å². The third-order valence-corrected chi connectivity index (χ3v) is 7.15. The van der Waals surface area contributed by atoms with Crippen LogP contribution in [0.5, 0.6) is 0 Å². The van der Waals surface area contributed by atoms with Crippen molar-refractivity contribution < 1.29 is 31.5 Å². The van der Waals surface area contributed by atoms with Gasteiger partial charge in [0.1, 0.15) is 23.3 Å². The molecule has 0 unspecified atom stereocenters. The van der Waals surface area contributed by atoms with Crippen molar-refractivity contribution in [3.8, 4) is 0 Å². The number of fused-ring (bicyclic) bond motifs is 1. The number of nitrogens with zero attached hydrogens (tertiary/aromatic N) is 1. The molecule has 2 aliphatic rings. The summed E-state index contributed by atoms with van der Waals surface area (Å²) in [5.74, 6) is -1.22. The Morgan fingerprint density at radius 1 is 1.14 bits per heavy atom. The van der Waals surface area contributed by atoms with Crippen LogP contribution in [-0.4, -0.2) is 50.0 Å². The first kappa shape index (κ1) is 26.5. The second kappa shape index (κ2) is 10.1. The lowest BCUT2D eigenvalue weighted by atomic mass is 9.92. The molecule has 3 atom stereocenters. The Bertz CT molecular complexity index is 1250. The van der Waals surface area contributed by atoms with Gasteiger partial charge in [-0.15, -0.1) is 0 Å². The van der Waals surface area contributed by atoms with Crippen molar-refractivity contribution in [2.75, 3.05) is 12.9 Å². The molecule has 2 aromatic carbocycles. The molecule has 0 saturated carbocycles. The van der Waals surface area contributed by atoms with E-state index in [0.29, 0.717) is 19.5 Å². The maximum atomic E-state index is 14.6. The smallest absolute Gasteiger partial charge is 0.407 e. The average molecular weight is 523 g/mol. The van der Waals surface area contributed by atoms with Crippen LogP contribution in [0.15, 0.2) is 36.4 Å². The van der Waals surface area contributed by atoms with Crippen molar-refractivity contribution in [2.45, 2.75) is 69.8 Å². The van der Waals surface area contributed by atoms with Crippen LogP contribution in [0.25, 0.3) is 0 Å². The minimum atomic E-state index is -3.14. The Morgan fingerprint density at radius 2 is 1.86 bits per heavy atom. The minimum absolute atomic E-state index is 0.0183. The van der Waals surface area contributed by atoms with E-state index in [1.165, 1.54) is 6.26 Å². The number of carbonyl (C=O) groups excluding carboxylic acids is 1. The van der Waals surface area contributed by atoms with E-state index in [4.69, 9.17) is 9.47 Å². The molecule has 4 rings (SSSR count). The SMILES string of the molecule is CC(C)(C)OC(=O)N[C@H]1C[C@@H](N2Cc3ccc(CS(C)(=O)=O)cc3C2)CO[C@@H]1c1cc(F)ccc1F. The van der Waals surface area contributed by atoms with Gasteiger partial charge in [-0.1, -0.05) is 18.2 Å². The molecule has 36 heavy (non-hydrogen) atoms. The highest BCUT2D eigenvalue weighted by Crippen LogP contribution is 2.35. The van der Waals surface area contributed by atoms with Gasteiger partial charge in [-0.05, 0) is 62.1 Å². The molecule has 1 N–H and O–H groups in total. The summed E-state index contributed by atoms with van der Waals surface area (Å²) < 4.78 is 63.4. The van der Waals surface area contributed by atoms with Crippen LogP contribution in [0.3, 0.4) is 0 Å². The first-order chi connectivity index (χ1) is 16.8. The first-order valence-corrected chi connectivity index (χ1v) is 13.9. The molecule has 196 valence electrons. The van der Waals surface area contributed by atoms with E-state index >= 15 is 0 Å². The third-order valence-electron chi connectivity index (χ3n) is 6.29. The van der Waals surface area contributed by atoms with Gasteiger partial charge in [0.2, 0.25) is 0 Å². The molecule has 2 aliphatic heterocycles. The fourth-order valence-corrected chi connectivity index (χ4v) is 5.61. The van der Waals surface area contributed by atoms with Gasteiger partial charge >= 0.3 is 6.09 Å². The van der Waals surface area contributed by atoms with Crippen molar-refractivity contribution in [3.63, 3.8) is 0 Å². The minimum Gasteiger partial charge on any atom is -0.444 e. The number of hydrogen-bond acceptors (Lipinski definition) is 6. The van der Waals surface area contributed by atoms with Crippen LogP contribution >= 0.6 is 0 Å². The second-order valence-corrected chi connectivity index (χ2v) is 12.8. The van der Waals surface area contributed by atoms with Crippen molar-refractivity contribution in [2.24, 2.45) is 0 Å². The van der Waals surface area contributed by atoms with Gasteiger partial charge in [-0.3, -0.25) is 4.90 Å². The normalized spacial score (nSPS) is 22.8. The number of sulfone groups is 1. The highest BCUT2D eigenvalue weighted by atomic mass is 32.2. The largest absolute Gasteiger partial charge is 0.444 e. The fourth-order valence-electron chi connectivity index (χ4n) is 4.83. The predicted octanol–water partition coefficient (Wildman–Crippen LogP) is 4.25. The lowest BCUT2D eigenvalue weighted by Crippen LogP contribution is -2.52. The molecule has 0 aliphatic carbocycles. The molecule has 7 nitrogen and oxygen atoms in total. The topological polar surface area (TPSA) is 84.9 Å². The second-order valence-electron chi connectivity index (χ2n) is 10.6. The maximum absolute atomic E-state index is 14.6. The van der Waals surface area contributed by atoms with Crippen LogP contribution < -0.4 is 5.32 Å². The summed E-state index contributed by atoms with van der Waals surface area (Å²) in [4.78, 5) is 14.8. The van der Waals surface area contributed by atoms with Crippen LogP contribution in [0, 0.1) is 11.6 Å². The van der Waals surface area contributed by atoms with Crippen molar-refractivity contribution in [1.82, 2.24) is 10.2 Å². The lowest BCUT2D eigenvalue weighted by Gasteiger charge is -2.40. The van der Waals surface area contributed by atoms with Crippen LogP contribution in [0.1, 0.15) is 55.5 Å². The molecular weight excluding hydrogens is 490 g/mol. The molecule has 1 saturated heterocycles. The van der Waals surface area contributed by atoms with Gasteiger partial charge in [0.05, 0.1) is 18.4 Å². The summed E-state index contributed by atoms with van der Waals surface area (Å²) in [5, 5.41) is 2.81. The Hall–Kier alpha value is -2.56. The molecular formula is C26H32F2N2O5S. The van der Waals surface area contributed by atoms with Gasteiger partial charge in [-0.2, -0.15) is 0 Å². The van der Waals surface area contributed by atoms with Crippen LogP contribution in [0.2, 0.25) is 0 Å². The van der Waals surface area contributed by atoms with E-state index in [0.717, 1.165) is 34.9 Å². The van der Waals surface area contributed by atoms with Gasteiger partial charge in [0, 0.05) is 31.0 Å². The molecule has 2 aromatic rings. The predicted molar refractivity (Wildman–Crippen MR) is 131 cm³/mol. The molecule has 2 heterocycles. The average Bonchev–Trinajstić information content (AvgIpc) is 3.16. The number of halogens is 2. The van der Waals surface area contributed by atoms with Gasteiger partial charge < -0.3 is 14.8 Å².